The van der Waals surface area contributed by atoms with Crippen molar-refractivity contribution in [2.75, 3.05) is 27.2 Å². The number of carbonyl (C=O) groups excluding carboxylic acids is 1. The molecule has 0 aromatic carbocycles. The minimum Gasteiger partial charge on any atom is -0.340 e. The van der Waals surface area contributed by atoms with E-state index < -0.39 is 0 Å². The zero-order valence-electron chi connectivity index (χ0n) is 14.1. The molecule has 1 aromatic heterocycles. The molecule has 2 rings (SSSR count). The van der Waals surface area contributed by atoms with E-state index in [2.05, 4.69) is 42.8 Å². The zero-order chi connectivity index (χ0) is 16.4. The van der Waals surface area contributed by atoms with Crippen molar-refractivity contribution in [1.82, 2.24) is 19.8 Å². The molecule has 6 nitrogen and oxygen atoms in total. The van der Waals surface area contributed by atoms with Gasteiger partial charge in [-0.1, -0.05) is 13.8 Å². The molecule has 1 aliphatic rings. The third kappa shape index (κ3) is 3.55. The van der Waals surface area contributed by atoms with Crippen molar-refractivity contribution in [2.45, 2.75) is 33.2 Å². The summed E-state index contributed by atoms with van der Waals surface area (Å²) in [6, 6.07) is 0.373. The maximum absolute atomic E-state index is 12.5. The van der Waals surface area contributed by atoms with Crippen LogP contribution in [0.4, 0.5) is 0 Å². The highest BCUT2D eigenvalue weighted by atomic mass is 16.2. The van der Waals surface area contributed by atoms with Crippen molar-refractivity contribution in [3.05, 3.63) is 27.9 Å². The summed E-state index contributed by atoms with van der Waals surface area (Å²) in [6.45, 7) is 7.61. The third-order valence-electron chi connectivity index (χ3n) is 4.55. The molecule has 6 heteroatoms. The first-order valence-corrected chi connectivity index (χ1v) is 7.78. The van der Waals surface area contributed by atoms with Gasteiger partial charge in [0.1, 0.15) is 5.82 Å². The molecule has 0 aliphatic carbocycles. The van der Waals surface area contributed by atoms with E-state index in [4.69, 9.17) is 0 Å². The van der Waals surface area contributed by atoms with Crippen LogP contribution in [-0.2, 0) is 11.2 Å². The van der Waals surface area contributed by atoms with E-state index in [9.17, 15) is 9.59 Å². The number of likely N-dealkylation sites (N-methyl/N-ethyl adjacent to an activating group) is 1. The predicted octanol–water partition coefficient (Wildman–Crippen LogP) is 0.665. The smallest absolute Gasteiger partial charge is 0.254 e. The number of nitrogens with one attached hydrogen (secondary N) is 1. The van der Waals surface area contributed by atoms with Gasteiger partial charge >= 0.3 is 0 Å². The lowest BCUT2D eigenvalue weighted by atomic mass is 9.91. The summed E-state index contributed by atoms with van der Waals surface area (Å²) < 4.78 is 0. The van der Waals surface area contributed by atoms with E-state index in [1.165, 1.54) is 6.20 Å². The van der Waals surface area contributed by atoms with Gasteiger partial charge in [0.15, 0.2) is 0 Å². The highest BCUT2D eigenvalue weighted by molar-refractivity contribution is 5.79. The predicted molar refractivity (Wildman–Crippen MR) is 85.7 cm³/mol. The molecule has 22 heavy (non-hydrogen) atoms. The molecule has 0 bridgehead atoms. The monoisotopic (exact) mass is 306 g/mol. The second kappa shape index (κ2) is 6.60. The van der Waals surface area contributed by atoms with Gasteiger partial charge in [0.2, 0.25) is 5.91 Å². The van der Waals surface area contributed by atoms with Gasteiger partial charge in [-0.2, -0.15) is 0 Å². The quantitative estimate of drug-likeness (QED) is 0.887. The van der Waals surface area contributed by atoms with E-state index in [0.717, 1.165) is 13.1 Å². The molecule has 0 radical (unpaired) electrons. The molecular formula is C16H26N4O2. The zero-order valence-corrected chi connectivity index (χ0v) is 14.1. The van der Waals surface area contributed by atoms with E-state index in [1.807, 2.05) is 4.90 Å². The largest absolute Gasteiger partial charge is 0.340 e. The fourth-order valence-corrected chi connectivity index (χ4v) is 3.13. The van der Waals surface area contributed by atoms with Crippen LogP contribution in [0, 0.1) is 18.8 Å². The minimum absolute atomic E-state index is 0.00570. The summed E-state index contributed by atoms with van der Waals surface area (Å²) in [4.78, 5) is 35.2. The van der Waals surface area contributed by atoms with Crippen molar-refractivity contribution in [3.8, 4) is 0 Å². The Hall–Kier alpha value is -1.69. The Balaban J connectivity index is 2.09. The Morgan fingerprint density at radius 2 is 2.14 bits per heavy atom. The van der Waals surface area contributed by atoms with Crippen LogP contribution < -0.4 is 5.56 Å². The van der Waals surface area contributed by atoms with Crippen LogP contribution in [-0.4, -0.2) is 58.9 Å². The number of rotatable bonds is 4. The third-order valence-corrected chi connectivity index (χ3v) is 4.55. The molecule has 122 valence electrons. The first-order valence-electron chi connectivity index (χ1n) is 7.78. The number of aryl methyl sites for hydroxylation is 1. The number of carbonyl (C=O) groups is 1. The van der Waals surface area contributed by atoms with Crippen LogP contribution in [0.1, 0.15) is 25.2 Å². The Morgan fingerprint density at radius 1 is 1.45 bits per heavy atom. The lowest BCUT2D eigenvalue weighted by molar-refractivity contribution is -0.129. The normalized spacial score (nSPS) is 21.9. The average molecular weight is 306 g/mol. The maximum Gasteiger partial charge on any atom is 0.254 e. The van der Waals surface area contributed by atoms with Gasteiger partial charge in [-0.05, 0) is 32.9 Å². The number of hydrogen-bond acceptors (Lipinski definition) is 4. The lowest BCUT2D eigenvalue weighted by Crippen LogP contribution is -2.38. The molecule has 2 atom stereocenters. The van der Waals surface area contributed by atoms with Gasteiger partial charge in [0, 0.05) is 30.9 Å². The molecule has 1 aromatic rings. The van der Waals surface area contributed by atoms with Crippen LogP contribution in [0.15, 0.2) is 11.0 Å². The minimum atomic E-state index is -0.218. The molecule has 2 heterocycles. The summed E-state index contributed by atoms with van der Waals surface area (Å²) in [5.74, 6) is 1.56. The molecule has 0 spiro atoms. The highest BCUT2D eigenvalue weighted by Gasteiger charge is 2.37. The highest BCUT2D eigenvalue weighted by Crippen LogP contribution is 2.27. The molecule has 1 amide bonds. The lowest BCUT2D eigenvalue weighted by Gasteiger charge is -2.27. The van der Waals surface area contributed by atoms with Crippen LogP contribution in [0.25, 0.3) is 0 Å². The second-order valence-corrected chi connectivity index (χ2v) is 6.74. The van der Waals surface area contributed by atoms with Crippen LogP contribution >= 0.6 is 0 Å². The Kier molecular flexibility index (Phi) is 5.01. The summed E-state index contributed by atoms with van der Waals surface area (Å²) in [5, 5.41) is 0. The first kappa shape index (κ1) is 16.7. The van der Waals surface area contributed by atoms with E-state index in [0.29, 0.717) is 29.3 Å². The fourth-order valence-electron chi connectivity index (χ4n) is 3.13. The first-order chi connectivity index (χ1) is 10.3. The van der Waals surface area contributed by atoms with Gasteiger partial charge < -0.3 is 14.8 Å². The molecule has 0 unspecified atom stereocenters. The summed E-state index contributed by atoms with van der Waals surface area (Å²) >= 11 is 0. The topological polar surface area (TPSA) is 69.3 Å². The summed E-state index contributed by atoms with van der Waals surface area (Å²) in [5.41, 5.74) is 0.217. The van der Waals surface area contributed by atoms with Gasteiger partial charge in [-0.15, -0.1) is 0 Å². The van der Waals surface area contributed by atoms with Crippen molar-refractivity contribution < 1.29 is 4.79 Å². The molecule has 1 saturated heterocycles. The van der Waals surface area contributed by atoms with Crippen molar-refractivity contribution in [3.63, 3.8) is 0 Å². The van der Waals surface area contributed by atoms with Gasteiger partial charge in [0.25, 0.3) is 5.56 Å². The van der Waals surface area contributed by atoms with Crippen molar-refractivity contribution >= 4 is 5.91 Å². The number of aromatic nitrogens is 2. The number of amides is 1. The van der Waals surface area contributed by atoms with Gasteiger partial charge in [-0.25, -0.2) is 4.98 Å². The van der Waals surface area contributed by atoms with Gasteiger partial charge in [-0.3, -0.25) is 9.59 Å². The number of hydrogen-bond donors (Lipinski definition) is 1. The fraction of sp³-hybridized carbons (Fsp3) is 0.688. The molecule has 1 fully saturated rings. The van der Waals surface area contributed by atoms with E-state index in [1.54, 1.807) is 6.92 Å². The Bertz CT molecular complexity index is 578. The molecule has 1 N–H and O–H groups in total. The number of aromatic amines is 1. The van der Waals surface area contributed by atoms with Crippen LogP contribution in [0.2, 0.25) is 0 Å². The SMILES string of the molecule is Cc1ncc(CC(=O)N2C[C@@H](N(C)C)[C@H](C(C)C)C2)c(=O)[nH]1. The van der Waals surface area contributed by atoms with E-state index in [-0.39, 0.29) is 17.9 Å². The van der Waals surface area contributed by atoms with Crippen LogP contribution in [0.5, 0.6) is 0 Å². The average Bonchev–Trinajstić information content (AvgIpc) is 2.87. The van der Waals surface area contributed by atoms with Crippen molar-refractivity contribution in [2.24, 2.45) is 11.8 Å². The molecular weight excluding hydrogens is 280 g/mol. The number of H-pyrrole nitrogens is 1. The molecule has 1 aliphatic heterocycles. The van der Waals surface area contributed by atoms with Crippen LogP contribution in [0.3, 0.4) is 0 Å². The standard InChI is InChI=1S/C16H26N4O2/c1-10(2)13-8-20(9-14(13)19(4)5)15(21)6-12-7-17-11(3)18-16(12)22/h7,10,13-14H,6,8-9H2,1-5H3,(H,17,18,22)/t13-,14+/m0/s1. The van der Waals surface area contributed by atoms with E-state index >= 15 is 0 Å². The summed E-state index contributed by atoms with van der Waals surface area (Å²) in [7, 11) is 4.12. The Labute approximate surface area is 131 Å². The number of nitrogens with zero attached hydrogens (tertiary/aromatic N) is 3. The Morgan fingerprint density at radius 3 is 2.64 bits per heavy atom. The summed E-state index contributed by atoms with van der Waals surface area (Å²) in [6.07, 6.45) is 1.62. The second-order valence-electron chi connectivity index (χ2n) is 6.74. The van der Waals surface area contributed by atoms with Crippen molar-refractivity contribution in [1.29, 1.82) is 0 Å². The van der Waals surface area contributed by atoms with Gasteiger partial charge in [0.05, 0.1) is 6.42 Å². The molecule has 0 saturated carbocycles. The number of likely N-dealkylation sites (tertiary alicyclic amines) is 1. The maximum atomic E-state index is 12.5.